The van der Waals surface area contributed by atoms with E-state index < -0.39 is 0 Å². The summed E-state index contributed by atoms with van der Waals surface area (Å²) in [7, 11) is 4.42. The second-order valence-corrected chi connectivity index (χ2v) is 7.91. The number of rotatable bonds is 3. The summed E-state index contributed by atoms with van der Waals surface area (Å²) in [4.78, 5) is 7.23. The molecule has 1 N–H and O–H groups in total. The fourth-order valence-electron chi connectivity index (χ4n) is 3.69. The van der Waals surface area contributed by atoms with Gasteiger partial charge in [-0.2, -0.15) is 0 Å². The van der Waals surface area contributed by atoms with E-state index in [-0.39, 0.29) is 0 Å². The first-order chi connectivity index (χ1) is 9.14. The lowest BCUT2D eigenvalue weighted by atomic mass is 9.75. The van der Waals surface area contributed by atoms with Gasteiger partial charge in [-0.3, -0.25) is 4.99 Å². The second-order valence-electron chi connectivity index (χ2n) is 6.94. The Hall–Kier alpha value is -0.220. The van der Waals surface area contributed by atoms with Crippen LogP contribution in [0.3, 0.4) is 0 Å². The summed E-state index contributed by atoms with van der Waals surface area (Å²) in [6.07, 6.45) is 9.67. The van der Waals surface area contributed by atoms with Crippen molar-refractivity contribution in [2.45, 2.75) is 50.5 Å². The molecule has 0 bridgehead atoms. The molecule has 2 aliphatic carbocycles. The van der Waals surface area contributed by atoms with Crippen LogP contribution >= 0.6 is 11.8 Å². The molecule has 1 spiro atoms. The van der Waals surface area contributed by atoms with Crippen LogP contribution in [0.4, 0.5) is 0 Å². The van der Waals surface area contributed by atoms with Gasteiger partial charge in [-0.05, 0) is 51.6 Å². The van der Waals surface area contributed by atoms with Crippen molar-refractivity contribution in [2.75, 3.05) is 32.9 Å². The average Bonchev–Trinajstić information content (AvgIpc) is 2.78. The molecule has 2 saturated carbocycles. The predicted molar refractivity (Wildman–Crippen MR) is 83.9 cm³/mol. The number of nitrogens with one attached hydrogen (secondary N) is 1. The third-order valence-electron chi connectivity index (χ3n) is 5.54. The zero-order valence-electron chi connectivity index (χ0n) is 12.4. The average molecular weight is 281 g/mol. The summed E-state index contributed by atoms with van der Waals surface area (Å²) >= 11 is 1.97. The lowest BCUT2D eigenvalue weighted by molar-refractivity contribution is 0.0650. The smallest absolute Gasteiger partial charge is 0.156 e. The van der Waals surface area contributed by atoms with Gasteiger partial charge in [-0.25, -0.2) is 0 Å². The molecule has 1 heterocycles. The number of nitrogens with zero attached hydrogens (tertiary/aromatic N) is 2. The standard InChI is InChI=1S/C15H27N3S/c1-18(2)15(8-5-9-15)11-17-13-16-10-14(12-19-13)6-3-4-7-14/h3-12H2,1-2H3,(H,16,17). The zero-order valence-corrected chi connectivity index (χ0v) is 13.2. The van der Waals surface area contributed by atoms with Crippen LogP contribution in [0.15, 0.2) is 4.99 Å². The van der Waals surface area contributed by atoms with E-state index in [4.69, 9.17) is 4.99 Å². The predicted octanol–water partition coefficient (Wildman–Crippen LogP) is 2.72. The highest BCUT2D eigenvalue weighted by Gasteiger charge is 2.40. The Kier molecular flexibility index (Phi) is 3.82. The van der Waals surface area contributed by atoms with E-state index in [1.807, 2.05) is 11.8 Å². The van der Waals surface area contributed by atoms with Crippen LogP contribution in [-0.4, -0.2) is 48.5 Å². The molecule has 108 valence electrons. The SMILES string of the molecule is CN(C)C1(CNC2=NCC3(CCCC3)CS2)CCC1. The molecular formula is C15H27N3S. The minimum atomic E-state index is 0.394. The molecule has 0 amide bonds. The Balaban J connectivity index is 1.53. The Morgan fingerprint density at radius 3 is 2.37 bits per heavy atom. The van der Waals surface area contributed by atoms with E-state index in [9.17, 15) is 0 Å². The van der Waals surface area contributed by atoms with E-state index >= 15 is 0 Å². The van der Waals surface area contributed by atoms with Crippen LogP contribution in [0.2, 0.25) is 0 Å². The maximum absolute atomic E-state index is 4.84. The van der Waals surface area contributed by atoms with Gasteiger partial charge in [-0.15, -0.1) is 0 Å². The number of hydrogen-bond acceptors (Lipinski definition) is 4. The molecule has 3 rings (SSSR count). The van der Waals surface area contributed by atoms with Crippen molar-refractivity contribution in [3.63, 3.8) is 0 Å². The van der Waals surface area contributed by atoms with Crippen molar-refractivity contribution in [2.24, 2.45) is 10.4 Å². The largest absolute Gasteiger partial charge is 0.363 e. The number of likely N-dealkylation sites (N-methyl/N-ethyl adjacent to an activating group) is 1. The fourth-order valence-corrected chi connectivity index (χ4v) is 4.85. The van der Waals surface area contributed by atoms with Crippen molar-refractivity contribution in [3.8, 4) is 0 Å². The van der Waals surface area contributed by atoms with Gasteiger partial charge >= 0.3 is 0 Å². The first kappa shape index (κ1) is 13.7. The quantitative estimate of drug-likeness (QED) is 0.862. The van der Waals surface area contributed by atoms with Crippen molar-refractivity contribution in [1.82, 2.24) is 10.2 Å². The highest BCUT2D eigenvalue weighted by Crippen LogP contribution is 2.43. The van der Waals surface area contributed by atoms with Crippen LogP contribution in [0, 0.1) is 5.41 Å². The van der Waals surface area contributed by atoms with Crippen LogP contribution in [0.5, 0.6) is 0 Å². The maximum Gasteiger partial charge on any atom is 0.156 e. The summed E-state index contributed by atoms with van der Waals surface area (Å²) in [5, 5.41) is 4.82. The highest BCUT2D eigenvalue weighted by atomic mass is 32.2. The first-order valence-corrected chi connectivity index (χ1v) is 8.71. The molecular weight excluding hydrogens is 254 g/mol. The third-order valence-corrected chi connectivity index (χ3v) is 6.84. The van der Waals surface area contributed by atoms with Gasteiger partial charge in [0.15, 0.2) is 5.17 Å². The van der Waals surface area contributed by atoms with E-state index in [0.29, 0.717) is 11.0 Å². The van der Waals surface area contributed by atoms with Gasteiger partial charge in [0.05, 0.1) is 0 Å². The Morgan fingerprint density at radius 2 is 1.89 bits per heavy atom. The summed E-state index contributed by atoms with van der Waals surface area (Å²) < 4.78 is 0. The van der Waals surface area contributed by atoms with Crippen LogP contribution in [-0.2, 0) is 0 Å². The molecule has 0 aromatic heterocycles. The van der Waals surface area contributed by atoms with E-state index in [0.717, 1.165) is 13.1 Å². The molecule has 0 saturated heterocycles. The summed E-state index contributed by atoms with van der Waals surface area (Å²) in [5.74, 6) is 1.29. The minimum Gasteiger partial charge on any atom is -0.363 e. The van der Waals surface area contributed by atoms with Gasteiger partial charge in [-0.1, -0.05) is 24.6 Å². The van der Waals surface area contributed by atoms with E-state index in [2.05, 4.69) is 24.3 Å². The molecule has 0 aromatic carbocycles. The van der Waals surface area contributed by atoms with Crippen LogP contribution in [0.25, 0.3) is 0 Å². The van der Waals surface area contributed by atoms with Gasteiger partial charge in [0, 0.05) is 24.4 Å². The van der Waals surface area contributed by atoms with Crippen molar-refractivity contribution in [3.05, 3.63) is 0 Å². The van der Waals surface area contributed by atoms with Gasteiger partial charge in [0.2, 0.25) is 0 Å². The Morgan fingerprint density at radius 1 is 1.16 bits per heavy atom. The lowest BCUT2D eigenvalue weighted by Crippen LogP contribution is -2.57. The van der Waals surface area contributed by atoms with Crippen LogP contribution < -0.4 is 5.32 Å². The van der Waals surface area contributed by atoms with Crippen molar-refractivity contribution >= 4 is 16.9 Å². The van der Waals surface area contributed by atoms with Gasteiger partial charge in [0.25, 0.3) is 0 Å². The zero-order chi connectivity index (χ0) is 13.3. The number of aliphatic imine (C=N–C) groups is 1. The topological polar surface area (TPSA) is 27.6 Å². The second kappa shape index (κ2) is 5.28. The number of hydrogen-bond donors (Lipinski definition) is 1. The van der Waals surface area contributed by atoms with Gasteiger partial charge in [0.1, 0.15) is 0 Å². The monoisotopic (exact) mass is 281 g/mol. The maximum atomic E-state index is 4.84. The normalized spacial score (nSPS) is 28.3. The van der Waals surface area contributed by atoms with Crippen molar-refractivity contribution in [1.29, 1.82) is 0 Å². The molecule has 3 nitrogen and oxygen atoms in total. The fraction of sp³-hybridized carbons (Fsp3) is 0.933. The Bertz CT molecular complexity index is 354. The van der Waals surface area contributed by atoms with Crippen LogP contribution in [0.1, 0.15) is 44.9 Å². The molecule has 0 unspecified atom stereocenters. The van der Waals surface area contributed by atoms with E-state index in [1.165, 1.54) is 55.9 Å². The summed E-state index contributed by atoms with van der Waals surface area (Å²) in [6, 6.07) is 0. The summed E-state index contributed by atoms with van der Waals surface area (Å²) in [5.41, 5.74) is 0.955. The number of amidine groups is 1. The molecule has 0 radical (unpaired) electrons. The Labute approximate surface area is 121 Å². The molecule has 0 atom stereocenters. The highest BCUT2D eigenvalue weighted by molar-refractivity contribution is 8.13. The third kappa shape index (κ3) is 2.66. The lowest BCUT2D eigenvalue weighted by Gasteiger charge is -2.47. The molecule has 19 heavy (non-hydrogen) atoms. The van der Waals surface area contributed by atoms with E-state index in [1.54, 1.807) is 0 Å². The van der Waals surface area contributed by atoms with Gasteiger partial charge < -0.3 is 10.2 Å². The molecule has 0 aromatic rings. The molecule has 1 aliphatic heterocycles. The summed E-state index contributed by atoms with van der Waals surface area (Å²) in [6.45, 7) is 2.14. The van der Waals surface area contributed by atoms with Crippen molar-refractivity contribution < 1.29 is 0 Å². The minimum absolute atomic E-state index is 0.394. The molecule has 4 heteroatoms. The first-order valence-electron chi connectivity index (χ1n) is 7.73. The molecule has 2 fully saturated rings. The molecule has 3 aliphatic rings. The number of thioether (sulfide) groups is 1.